The lowest BCUT2D eigenvalue weighted by Crippen LogP contribution is -2.27. The Bertz CT molecular complexity index is 745. The number of hydrogen-bond donors (Lipinski definition) is 2. The second-order valence-electron chi connectivity index (χ2n) is 6.05. The Labute approximate surface area is 144 Å². The highest BCUT2D eigenvalue weighted by molar-refractivity contribution is 6.34. The fourth-order valence-corrected chi connectivity index (χ4v) is 2.06. The molecule has 0 fully saturated rings. The predicted octanol–water partition coefficient (Wildman–Crippen LogP) is 4.24. The van der Waals surface area contributed by atoms with Crippen LogP contribution in [0, 0.1) is 6.92 Å². The van der Waals surface area contributed by atoms with E-state index >= 15 is 0 Å². The van der Waals surface area contributed by atoms with Crippen molar-refractivity contribution in [2.45, 2.75) is 33.3 Å². The van der Waals surface area contributed by atoms with E-state index in [1.165, 1.54) is 0 Å². The van der Waals surface area contributed by atoms with Crippen LogP contribution in [0.15, 0.2) is 28.9 Å². The lowest BCUT2D eigenvalue weighted by Gasteiger charge is -2.18. The largest absolute Gasteiger partial charge is 0.443 e. The summed E-state index contributed by atoms with van der Waals surface area (Å²) in [6.07, 6.45) is 0.409. The summed E-state index contributed by atoms with van der Waals surface area (Å²) in [6, 6.07) is 5.14. The summed E-state index contributed by atoms with van der Waals surface area (Å²) < 4.78 is 10.1. The number of para-hydroxylation sites is 1. The number of ether oxygens (including phenoxy) is 1. The standard InChI is InChI=1S/C16H18ClN3O4/c1-9-6-5-7-10(17)12(9)19-13(21)11-8-23-14(18-11)20-15(22)24-16(2,3)4/h5-8H,1-4H3,(H,19,21)(H,18,20,22). The van der Waals surface area contributed by atoms with Crippen molar-refractivity contribution in [1.82, 2.24) is 4.98 Å². The number of aryl methyl sites for hydroxylation is 1. The quantitative estimate of drug-likeness (QED) is 0.862. The van der Waals surface area contributed by atoms with Gasteiger partial charge in [-0.1, -0.05) is 23.7 Å². The number of anilines is 2. The number of carbonyl (C=O) groups excluding carboxylic acids is 2. The third-order valence-electron chi connectivity index (χ3n) is 2.81. The van der Waals surface area contributed by atoms with Gasteiger partial charge in [0.2, 0.25) is 0 Å². The van der Waals surface area contributed by atoms with Gasteiger partial charge in [0, 0.05) is 0 Å². The van der Waals surface area contributed by atoms with E-state index in [-0.39, 0.29) is 11.7 Å². The molecule has 2 amide bonds. The molecule has 1 aromatic heterocycles. The number of hydrogen-bond acceptors (Lipinski definition) is 5. The van der Waals surface area contributed by atoms with Crippen LogP contribution >= 0.6 is 11.6 Å². The van der Waals surface area contributed by atoms with Crippen LogP contribution in [0.25, 0.3) is 0 Å². The molecule has 1 heterocycles. The molecule has 7 nitrogen and oxygen atoms in total. The molecule has 0 aliphatic rings. The number of aromatic nitrogens is 1. The molecule has 0 radical (unpaired) electrons. The van der Waals surface area contributed by atoms with E-state index in [4.69, 9.17) is 20.8 Å². The molecular formula is C16H18ClN3O4. The summed E-state index contributed by atoms with van der Waals surface area (Å²) in [5.41, 5.74) is 0.652. The van der Waals surface area contributed by atoms with Gasteiger partial charge < -0.3 is 14.5 Å². The summed E-state index contributed by atoms with van der Waals surface area (Å²) in [6.45, 7) is 7.01. The van der Waals surface area contributed by atoms with Gasteiger partial charge in [-0.25, -0.2) is 10.1 Å². The summed E-state index contributed by atoms with van der Waals surface area (Å²) in [4.78, 5) is 27.7. The number of nitrogens with one attached hydrogen (secondary N) is 2. The van der Waals surface area contributed by atoms with Crippen molar-refractivity contribution in [2.75, 3.05) is 10.6 Å². The lowest BCUT2D eigenvalue weighted by atomic mass is 10.2. The summed E-state index contributed by atoms with van der Waals surface area (Å²) in [7, 11) is 0. The molecule has 0 unspecified atom stereocenters. The number of halogens is 1. The smallest absolute Gasteiger partial charge is 0.415 e. The number of benzene rings is 1. The Morgan fingerprint density at radius 3 is 2.58 bits per heavy atom. The van der Waals surface area contributed by atoms with E-state index in [0.29, 0.717) is 10.7 Å². The van der Waals surface area contributed by atoms with Crippen LogP contribution in [0.5, 0.6) is 0 Å². The molecule has 0 aliphatic carbocycles. The number of oxazole rings is 1. The van der Waals surface area contributed by atoms with Crippen molar-refractivity contribution < 1.29 is 18.7 Å². The minimum absolute atomic E-state index is 0.000350. The van der Waals surface area contributed by atoms with Crippen LogP contribution in [0.1, 0.15) is 36.8 Å². The van der Waals surface area contributed by atoms with Crippen LogP contribution < -0.4 is 10.6 Å². The van der Waals surface area contributed by atoms with Gasteiger partial charge in [0.1, 0.15) is 11.9 Å². The van der Waals surface area contributed by atoms with Crippen LogP contribution in [0.2, 0.25) is 5.02 Å². The van der Waals surface area contributed by atoms with Gasteiger partial charge in [0.05, 0.1) is 10.7 Å². The topological polar surface area (TPSA) is 93.5 Å². The van der Waals surface area contributed by atoms with E-state index < -0.39 is 17.6 Å². The van der Waals surface area contributed by atoms with Gasteiger partial charge in [-0.2, -0.15) is 4.98 Å². The molecule has 2 rings (SSSR count). The minimum Gasteiger partial charge on any atom is -0.443 e. The van der Waals surface area contributed by atoms with Crippen LogP contribution in [-0.2, 0) is 4.74 Å². The lowest BCUT2D eigenvalue weighted by molar-refractivity contribution is 0.0631. The molecular weight excluding hydrogens is 334 g/mol. The molecule has 2 aromatic rings. The fraction of sp³-hybridized carbons (Fsp3) is 0.312. The van der Waals surface area contributed by atoms with Gasteiger partial charge in [-0.3, -0.25) is 4.79 Å². The third kappa shape index (κ3) is 4.73. The average Bonchev–Trinajstić information content (AvgIpc) is 2.89. The highest BCUT2D eigenvalue weighted by Gasteiger charge is 2.19. The maximum Gasteiger partial charge on any atom is 0.415 e. The fourth-order valence-electron chi connectivity index (χ4n) is 1.79. The Hall–Kier alpha value is -2.54. The third-order valence-corrected chi connectivity index (χ3v) is 3.12. The summed E-state index contributed by atoms with van der Waals surface area (Å²) in [5, 5.41) is 5.39. The zero-order valence-electron chi connectivity index (χ0n) is 13.8. The zero-order valence-corrected chi connectivity index (χ0v) is 14.5. The maximum absolute atomic E-state index is 12.2. The summed E-state index contributed by atoms with van der Waals surface area (Å²) in [5.74, 6) is -0.507. The van der Waals surface area contributed by atoms with Gasteiger partial charge in [-0.15, -0.1) is 0 Å². The molecule has 1 aromatic carbocycles. The molecule has 8 heteroatoms. The molecule has 0 spiro atoms. The molecule has 2 N–H and O–H groups in total. The number of amides is 2. The second-order valence-corrected chi connectivity index (χ2v) is 6.46. The molecule has 0 bridgehead atoms. The van der Waals surface area contributed by atoms with Gasteiger partial charge in [0.25, 0.3) is 5.91 Å². The normalized spacial score (nSPS) is 11.0. The van der Waals surface area contributed by atoms with Crippen LogP contribution in [0.4, 0.5) is 16.5 Å². The zero-order chi connectivity index (χ0) is 17.9. The molecule has 0 saturated carbocycles. The SMILES string of the molecule is Cc1cccc(Cl)c1NC(=O)c1coc(NC(=O)OC(C)(C)C)n1. The van der Waals surface area contributed by atoms with E-state index in [1.807, 2.05) is 13.0 Å². The highest BCUT2D eigenvalue weighted by Crippen LogP contribution is 2.25. The first-order chi connectivity index (χ1) is 11.2. The van der Waals surface area contributed by atoms with Gasteiger partial charge in [0.15, 0.2) is 5.69 Å². The molecule has 0 saturated heterocycles. The number of nitrogens with zero attached hydrogens (tertiary/aromatic N) is 1. The number of carbonyl (C=O) groups is 2. The predicted molar refractivity (Wildman–Crippen MR) is 90.5 cm³/mol. The monoisotopic (exact) mass is 351 g/mol. The van der Waals surface area contributed by atoms with Crippen molar-refractivity contribution in [3.63, 3.8) is 0 Å². The summed E-state index contributed by atoms with van der Waals surface area (Å²) >= 11 is 6.06. The van der Waals surface area contributed by atoms with Gasteiger partial charge >= 0.3 is 12.1 Å². The first-order valence-electron chi connectivity index (χ1n) is 7.18. The van der Waals surface area contributed by atoms with Crippen LogP contribution in [-0.4, -0.2) is 22.6 Å². The van der Waals surface area contributed by atoms with Crippen molar-refractivity contribution >= 4 is 35.3 Å². The van der Waals surface area contributed by atoms with E-state index in [0.717, 1.165) is 11.8 Å². The number of rotatable bonds is 3. The van der Waals surface area contributed by atoms with E-state index in [1.54, 1.807) is 32.9 Å². The molecule has 0 atom stereocenters. The molecule has 24 heavy (non-hydrogen) atoms. The first-order valence-corrected chi connectivity index (χ1v) is 7.55. The van der Waals surface area contributed by atoms with Crippen molar-refractivity contribution in [3.8, 4) is 0 Å². The Kier molecular flexibility index (Phi) is 5.14. The molecule has 0 aliphatic heterocycles. The van der Waals surface area contributed by atoms with Crippen molar-refractivity contribution in [2.24, 2.45) is 0 Å². The Morgan fingerprint density at radius 2 is 1.96 bits per heavy atom. The van der Waals surface area contributed by atoms with Crippen LogP contribution in [0.3, 0.4) is 0 Å². The average molecular weight is 352 g/mol. The Morgan fingerprint density at radius 1 is 1.25 bits per heavy atom. The maximum atomic E-state index is 12.2. The van der Waals surface area contributed by atoms with E-state index in [9.17, 15) is 9.59 Å². The highest BCUT2D eigenvalue weighted by atomic mass is 35.5. The second kappa shape index (κ2) is 6.92. The first kappa shape index (κ1) is 17.8. The van der Waals surface area contributed by atoms with Crippen molar-refractivity contribution in [3.05, 3.63) is 40.7 Å². The Balaban J connectivity index is 2.05. The minimum atomic E-state index is -0.724. The molecule has 128 valence electrons. The van der Waals surface area contributed by atoms with E-state index in [2.05, 4.69) is 15.6 Å². The van der Waals surface area contributed by atoms with Gasteiger partial charge in [-0.05, 0) is 39.3 Å². The van der Waals surface area contributed by atoms with Crippen molar-refractivity contribution in [1.29, 1.82) is 0 Å².